The topological polar surface area (TPSA) is 43.4 Å². The standard InChI is InChI=1S/C14H24N2O2/c1-5-17-8-9-18-13-7-6-12(15-11-13)10-16-14(2,3)4/h6-7,11,16H,5,8-10H2,1-4H3. The largest absolute Gasteiger partial charge is 0.490 e. The Hall–Kier alpha value is -1.13. The van der Waals surface area contributed by atoms with Crippen molar-refractivity contribution in [3.63, 3.8) is 0 Å². The maximum absolute atomic E-state index is 5.50. The van der Waals surface area contributed by atoms with E-state index >= 15 is 0 Å². The van der Waals surface area contributed by atoms with Gasteiger partial charge in [0.1, 0.15) is 12.4 Å². The first kappa shape index (κ1) is 14.9. The highest BCUT2D eigenvalue weighted by molar-refractivity contribution is 5.19. The first-order chi connectivity index (χ1) is 8.51. The van der Waals surface area contributed by atoms with Crippen molar-refractivity contribution >= 4 is 0 Å². The molecule has 1 rings (SSSR count). The molecule has 0 saturated heterocycles. The molecule has 0 fully saturated rings. The molecule has 18 heavy (non-hydrogen) atoms. The maximum Gasteiger partial charge on any atom is 0.137 e. The van der Waals surface area contributed by atoms with Crippen molar-refractivity contribution in [3.05, 3.63) is 24.0 Å². The van der Waals surface area contributed by atoms with Gasteiger partial charge in [-0.15, -0.1) is 0 Å². The highest BCUT2D eigenvalue weighted by Gasteiger charge is 2.08. The summed E-state index contributed by atoms with van der Waals surface area (Å²) < 4.78 is 10.7. The Kier molecular flexibility index (Phi) is 6.09. The smallest absolute Gasteiger partial charge is 0.137 e. The van der Waals surface area contributed by atoms with Gasteiger partial charge in [-0.1, -0.05) is 0 Å². The van der Waals surface area contributed by atoms with Gasteiger partial charge in [-0.05, 0) is 39.8 Å². The summed E-state index contributed by atoms with van der Waals surface area (Å²) in [7, 11) is 0. The molecule has 0 unspecified atom stereocenters. The van der Waals surface area contributed by atoms with Gasteiger partial charge < -0.3 is 14.8 Å². The predicted molar refractivity (Wildman–Crippen MR) is 72.8 cm³/mol. The van der Waals surface area contributed by atoms with E-state index in [9.17, 15) is 0 Å². The van der Waals surface area contributed by atoms with Gasteiger partial charge in [0.15, 0.2) is 0 Å². The summed E-state index contributed by atoms with van der Waals surface area (Å²) in [5, 5.41) is 3.39. The second kappa shape index (κ2) is 7.34. The van der Waals surface area contributed by atoms with Crippen molar-refractivity contribution in [1.82, 2.24) is 10.3 Å². The molecule has 0 aliphatic heterocycles. The van der Waals surface area contributed by atoms with Crippen LogP contribution in [0.5, 0.6) is 5.75 Å². The second-order valence-corrected chi connectivity index (χ2v) is 5.13. The zero-order chi connectivity index (χ0) is 13.4. The van der Waals surface area contributed by atoms with E-state index in [1.54, 1.807) is 6.20 Å². The zero-order valence-corrected chi connectivity index (χ0v) is 11.8. The highest BCUT2D eigenvalue weighted by atomic mass is 16.5. The lowest BCUT2D eigenvalue weighted by Crippen LogP contribution is -2.35. The molecule has 0 saturated carbocycles. The monoisotopic (exact) mass is 252 g/mol. The quantitative estimate of drug-likeness (QED) is 0.757. The molecule has 0 aromatic carbocycles. The van der Waals surface area contributed by atoms with Gasteiger partial charge >= 0.3 is 0 Å². The lowest BCUT2D eigenvalue weighted by Gasteiger charge is -2.20. The maximum atomic E-state index is 5.50. The fraction of sp³-hybridized carbons (Fsp3) is 0.643. The normalized spacial score (nSPS) is 11.6. The Labute approximate surface area is 110 Å². The fourth-order valence-corrected chi connectivity index (χ4v) is 1.32. The minimum Gasteiger partial charge on any atom is -0.490 e. The minimum atomic E-state index is 0.105. The summed E-state index contributed by atoms with van der Waals surface area (Å²) in [6.07, 6.45) is 1.76. The van der Waals surface area contributed by atoms with E-state index in [-0.39, 0.29) is 5.54 Å². The van der Waals surface area contributed by atoms with Crippen molar-refractivity contribution in [2.75, 3.05) is 19.8 Å². The van der Waals surface area contributed by atoms with Crippen molar-refractivity contribution in [1.29, 1.82) is 0 Å². The molecule has 4 nitrogen and oxygen atoms in total. The number of hydrogen-bond donors (Lipinski definition) is 1. The molecule has 1 N–H and O–H groups in total. The number of nitrogens with one attached hydrogen (secondary N) is 1. The van der Waals surface area contributed by atoms with Crippen molar-refractivity contribution < 1.29 is 9.47 Å². The van der Waals surface area contributed by atoms with Gasteiger partial charge in [0, 0.05) is 18.7 Å². The Morgan fingerprint density at radius 2 is 2.00 bits per heavy atom. The van der Waals surface area contributed by atoms with E-state index in [0.717, 1.165) is 24.6 Å². The van der Waals surface area contributed by atoms with Crippen molar-refractivity contribution in [2.45, 2.75) is 39.8 Å². The Bertz CT molecular complexity index is 331. The third kappa shape index (κ3) is 6.57. The third-order valence-electron chi connectivity index (χ3n) is 2.30. The molecule has 102 valence electrons. The summed E-state index contributed by atoms with van der Waals surface area (Å²) in [6.45, 7) is 11.0. The predicted octanol–water partition coefficient (Wildman–Crippen LogP) is 2.39. The van der Waals surface area contributed by atoms with Crippen molar-refractivity contribution in [3.8, 4) is 5.75 Å². The van der Waals surface area contributed by atoms with Gasteiger partial charge in [0.25, 0.3) is 0 Å². The van der Waals surface area contributed by atoms with Crippen LogP contribution in [0.25, 0.3) is 0 Å². The van der Waals surface area contributed by atoms with Gasteiger partial charge in [0.05, 0.1) is 18.5 Å². The van der Waals surface area contributed by atoms with E-state index in [1.807, 2.05) is 19.1 Å². The molecule has 1 aromatic rings. The first-order valence-electron chi connectivity index (χ1n) is 6.42. The van der Waals surface area contributed by atoms with E-state index in [2.05, 4.69) is 31.1 Å². The molecule has 0 amide bonds. The van der Waals surface area contributed by atoms with Crippen LogP contribution in [0.15, 0.2) is 18.3 Å². The van der Waals surface area contributed by atoms with Gasteiger partial charge in [0.2, 0.25) is 0 Å². The number of pyridine rings is 1. The average Bonchev–Trinajstić information content (AvgIpc) is 2.33. The molecule has 0 bridgehead atoms. The Morgan fingerprint density at radius 1 is 1.22 bits per heavy atom. The molecule has 0 atom stereocenters. The second-order valence-electron chi connectivity index (χ2n) is 5.13. The number of rotatable bonds is 7. The molecule has 0 spiro atoms. The van der Waals surface area contributed by atoms with Crippen LogP contribution in [0.2, 0.25) is 0 Å². The number of hydrogen-bond acceptors (Lipinski definition) is 4. The van der Waals surface area contributed by atoms with Gasteiger partial charge in [-0.25, -0.2) is 0 Å². The van der Waals surface area contributed by atoms with Gasteiger partial charge in [-0.2, -0.15) is 0 Å². The zero-order valence-electron chi connectivity index (χ0n) is 11.8. The summed E-state index contributed by atoms with van der Waals surface area (Å²) in [4.78, 5) is 4.35. The first-order valence-corrected chi connectivity index (χ1v) is 6.42. The molecule has 0 radical (unpaired) electrons. The third-order valence-corrected chi connectivity index (χ3v) is 2.30. The van der Waals surface area contributed by atoms with E-state index in [1.165, 1.54) is 0 Å². The summed E-state index contributed by atoms with van der Waals surface area (Å²) in [6, 6.07) is 3.92. The number of ether oxygens (including phenoxy) is 2. The summed E-state index contributed by atoms with van der Waals surface area (Å²) in [5.41, 5.74) is 1.12. The van der Waals surface area contributed by atoms with E-state index in [0.29, 0.717) is 13.2 Å². The van der Waals surface area contributed by atoms with Crippen LogP contribution in [0.4, 0.5) is 0 Å². The highest BCUT2D eigenvalue weighted by Crippen LogP contribution is 2.10. The summed E-state index contributed by atoms with van der Waals surface area (Å²) >= 11 is 0. The lowest BCUT2D eigenvalue weighted by molar-refractivity contribution is 0.110. The Morgan fingerprint density at radius 3 is 2.56 bits per heavy atom. The van der Waals surface area contributed by atoms with Gasteiger partial charge in [-0.3, -0.25) is 4.98 Å². The average molecular weight is 252 g/mol. The van der Waals surface area contributed by atoms with Crippen molar-refractivity contribution in [2.24, 2.45) is 0 Å². The summed E-state index contributed by atoms with van der Waals surface area (Å²) in [5.74, 6) is 0.786. The van der Waals surface area contributed by atoms with Crippen LogP contribution in [0.1, 0.15) is 33.4 Å². The van der Waals surface area contributed by atoms with E-state index in [4.69, 9.17) is 9.47 Å². The lowest BCUT2D eigenvalue weighted by atomic mass is 10.1. The molecule has 1 heterocycles. The van der Waals surface area contributed by atoms with E-state index < -0.39 is 0 Å². The van der Waals surface area contributed by atoms with Crippen LogP contribution in [0, 0.1) is 0 Å². The van der Waals surface area contributed by atoms with Crippen LogP contribution < -0.4 is 10.1 Å². The molecule has 1 aromatic heterocycles. The van der Waals surface area contributed by atoms with Crippen LogP contribution >= 0.6 is 0 Å². The van der Waals surface area contributed by atoms with Crippen LogP contribution in [-0.2, 0) is 11.3 Å². The fourth-order valence-electron chi connectivity index (χ4n) is 1.32. The minimum absolute atomic E-state index is 0.105. The van der Waals surface area contributed by atoms with Crippen LogP contribution in [0.3, 0.4) is 0 Å². The molecular weight excluding hydrogens is 228 g/mol. The SMILES string of the molecule is CCOCCOc1ccc(CNC(C)(C)C)nc1. The number of nitrogens with zero attached hydrogens (tertiary/aromatic N) is 1. The molecular formula is C14H24N2O2. The van der Waals surface area contributed by atoms with Crippen LogP contribution in [-0.4, -0.2) is 30.3 Å². The molecule has 4 heteroatoms. The number of aromatic nitrogens is 1. The molecule has 0 aliphatic rings. The molecule has 0 aliphatic carbocycles. The Balaban J connectivity index is 2.33.